The number of fused-ring (bicyclic) bond motifs is 2. The maximum Gasteiger partial charge on any atom is 0.414 e. The summed E-state index contributed by atoms with van der Waals surface area (Å²) >= 11 is 0. The summed E-state index contributed by atoms with van der Waals surface area (Å²) < 4.78 is 5.54. The molecule has 2 aliphatic rings. The van der Waals surface area contributed by atoms with Crippen LogP contribution in [0.1, 0.15) is 48.9 Å². The second-order valence-corrected chi connectivity index (χ2v) is 9.08. The second-order valence-electron chi connectivity index (χ2n) is 9.08. The summed E-state index contributed by atoms with van der Waals surface area (Å²) in [6.07, 6.45) is 1.81. The number of carbonyl (C=O) groups is 1. The molecule has 4 rings (SSSR count). The van der Waals surface area contributed by atoms with Crippen LogP contribution in [0.25, 0.3) is 0 Å². The standard InChI is InChI=1S/C25H32N2O2/c1-18(2)29-24(28)27-17-25(22-15-20(4)8-9-23(22)27)10-12-26(13-11-25)16-21-7-5-6-19(3)14-21/h5-9,14-15,18H,10-13,16-17H2,1-4H3. The first-order valence-corrected chi connectivity index (χ1v) is 10.7. The van der Waals surface area contributed by atoms with E-state index in [0.717, 1.165) is 44.7 Å². The van der Waals surface area contributed by atoms with Crippen LogP contribution in [0.15, 0.2) is 42.5 Å². The van der Waals surface area contributed by atoms with Crippen molar-refractivity contribution in [2.45, 2.75) is 58.6 Å². The number of amides is 1. The van der Waals surface area contributed by atoms with E-state index in [1.807, 2.05) is 18.7 Å². The molecular formula is C25H32N2O2. The number of benzene rings is 2. The molecule has 0 aromatic heterocycles. The first-order valence-electron chi connectivity index (χ1n) is 10.7. The van der Waals surface area contributed by atoms with Crippen LogP contribution in [-0.4, -0.2) is 36.7 Å². The molecule has 4 nitrogen and oxygen atoms in total. The Morgan fingerprint density at radius 1 is 1.07 bits per heavy atom. The number of nitrogens with zero attached hydrogens (tertiary/aromatic N) is 2. The van der Waals surface area contributed by atoms with Gasteiger partial charge in [0.1, 0.15) is 0 Å². The number of rotatable bonds is 3. The van der Waals surface area contributed by atoms with Gasteiger partial charge in [0.05, 0.1) is 11.8 Å². The zero-order valence-corrected chi connectivity index (χ0v) is 18.1. The van der Waals surface area contributed by atoms with Gasteiger partial charge in [0.15, 0.2) is 0 Å². The van der Waals surface area contributed by atoms with Crippen molar-refractivity contribution in [2.75, 3.05) is 24.5 Å². The Bertz CT molecular complexity index is 897. The van der Waals surface area contributed by atoms with Crippen LogP contribution in [0.3, 0.4) is 0 Å². The zero-order chi connectivity index (χ0) is 20.6. The van der Waals surface area contributed by atoms with Gasteiger partial charge in [-0.05, 0) is 70.8 Å². The quantitative estimate of drug-likeness (QED) is 0.719. The number of hydrogen-bond donors (Lipinski definition) is 0. The molecule has 0 aliphatic carbocycles. The third kappa shape index (κ3) is 4.04. The van der Waals surface area contributed by atoms with Crippen molar-refractivity contribution in [1.29, 1.82) is 0 Å². The molecule has 1 amide bonds. The molecule has 0 bridgehead atoms. The fourth-order valence-corrected chi connectivity index (χ4v) is 4.85. The van der Waals surface area contributed by atoms with E-state index in [2.05, 4.69) is 61.2 Å². The van der Waals surface area contributed by atoms with Crippen LogP contribution in [0, 0.1) is 13.8 Å². The predicted molar refractivity (Wildman–Crippen MR) is 118 cm³/mol. The van der Waals surface area contributed by atoms with E-state index in [4.69, 9.17) is 4.74 Å². The first kappa shape index (κ1) is 20.0. The molecule has 0 N–H and O–H groups in total. The summed E-state index contributed by atoms with van der Waals surface area (Å²) in [4.78, 5) is 17.2. The van der Waals surface area contributed by atoms with Crippen molar-refractivity contribution in [3.8, 4) is 0 Å². The summed E-state index contributed by atoms with van der Waals surface area (Å²) in [6, 6.07) is 15.3. The van der Waals surface area contributed by atoms with E-state index in [-0.39, 0.29) is 17.6 Å². The molecule has 1 spiro atoms. The van der Waals surface area contributed by atoms with Gasteiger partial charge in [0.25, 0.3) is 0 Å². The van der Waals surface area contributed by atoms with Crippen LogP contribution in [0.2, 0.25) is 0 Å². The van der Waals surface area contributed by atoms with Gasteiger partial charge in [-0.25, -0.2) is 4.79 Å². The summed E-state index contributed by atoms with van der Waals surface area (Å²) in [7, 11) is 0. The highest BCUT2D eigenvalue weighted by atomic mass is 16.6. The van der Waals surface area contributed by atoms with Gasteiger partial charge >= 0.3 is 6.09 Å². The zero-order valence-electron chi connectivity index (χ0n) is 18.1. The summed E-state index contributed by atoms with van der Waals surface area (Å²) in [5, 5.41) is 0. The van der Waals surface area contributed by atoms with Crippen LogP contribution in [0.5, 0.6) is 0 Å². The van der Waals surface area contributed by atoms with Crippen LogP contribution < -0.4 is 4.90 Å². The van der Waals surface area contributed by atoms with Gasteiger partial charge in [0.2, 0.25) is 0 Å². The lowest BCUT2D eigenvalue weighted by molar-refractivity contribution is 0.119. The van der Waals surface area contributed by atoms with Crippen molar-refractivity contribution < 1.29 is 9.53 Å². The Kier molecular flexibility index (Phi) is 5.39. The average Bonchev–Trinajstić information content (AvgIpc) is 2.97. The van der Waals surface area contributed by atoms with E-state index in [1.54, 1.807) is 0 Å². The Hall–Kier alpha value is -2.33. The molecule has 0 radical (unpaired) electrons. The topological polar surface area (TPSA) is 32.8 Å². The molecule has 1 saturated heterocycles. The van der Waals surface area contributed by atoms with Crippen LogP contribution >= 0.6 is 0 Å². The van der Waals surface area contributed by atoms with Crippen molar-refractivity contribution in [1.82, 2.24) is 4.90 Å². The fraction of sp³-hybridized carbons (Fsp3) is 0.480. The van der Waals surface area contributed by atoms with E-state index >= 15 is 0 Å². The number of ether oxygens (including phenoxy) is 1. The molecule has 2 aromatic carbocycles. The number of piperidine rings is 1. The molecule has 2 aliphatic heterocycles. The number of likely N-dealkylation sites (tertiary alicyclic amines) is 1. The third-order valence-corrected chi connectivity index (χ3v) is 6.33. The van der Waals surface area contributed by atoms with Gasteiger partial charge < -0.3 is 4.74 Å². The van der Waals surface area contributed by atoms with Crippen molar-refractivity contribution in [2.24, 2.45) is 0 Å². The number of carbonyl (C=O) groups excluding carboxylic acids is 1. The minimum atomic E-state index is -0.218. The number of hydrogen-bond acceptors (Lipinski definition) is 3. The van der Waals surface area contributed by atoms with E-state index < -0.39 is 0 Å². The first-order chi connectivity index (χ1) is 13.9. The Morgan fingerprint density at radius 3 is 2.48 bits per heavy atom. The molecule has 0 saturated carbocycles. The van der Waals surface area contributed by atoms with Gasteiger partial charge in [-0.1, -0.05) is 47.5 Å². The Labute approximate surface area is 174 Å². The molecule has 4 heteroatoms. The average molecular weight is 393 g/mol. The summed E-state index contributed by atoms with van der Waals surface area (Å²) in [5.74, 6) is 0. The number of aryl methyl sites for hydroxylation is 2. The van der Waals surface area contributed by atoms with Crippen molar-refractivity contribution in [3.63, 3.8) is 0 Å². The highest BCUT2D eigenvalue weighted by molar-refractivity contribution is 5.91. The molecule has 0 atom stereocenters. The monoisotopic (exact) mass is 392 g/mol. The Balaban J connectivity index is 1.53. The lowest BCUT2D eigenvalue weighted by Crippen LogP contribution is -2.46. The maximum absolute atomic E-state index is 12.8. The highest BCUT2D eigenvalue weighted by Crippen LogP contribution is 2.47. The minimum Gasteiger partial charge on any atom is -0.446 e. The van der Waals surface area contributed by atoms with Crippen molar-refractivity contribution >= 4 is 11.8 Å². The molecular weight excluding hydrogens is 360 g/mol. The molecule has 2 heterocycles. The fourth-order valence-electron chi connectivity index (χ4n) is 4.85. The summed E-state index contributed by atoms with van der Waals surface area (Å²) in [6.45, 7) is 11.9. The largest absolute Gasteiger partial charge is 0.446 e. The highest BCUT2D eigenvalue weighted by Gasteiger charge is 2.46. The molecule has 2 aromatic rings. The molecule has 0 unspecified atom stereocenters. The SMILES string of the molecule is Cc1cccc(CN2CCC3(CC2)CN(C(=O)OC(C)C)c2ccc(C)cc23)c1. The number of anilines is 1. The Morgan fingerprint density at radius 2 is 1.79 bits per heavy atom. The van der Waals surface area contributed by atoms with Crippen LogP contribution in [-0.2, 0) is 16.7 Å². The molecule has 29 heavy (non-hydrogen) atoms. The van der Waals surface area contributed by atoms with Crippen LogP contribution in [0.4, 0.5) is 10.5 Å². The predicted octanol–water partition coefficient (Wildman–Crippen LogP) is 5.20. The third-order valence-electron chi connectivity index (χ3n) is 6.33. The molecule has 154 valence electrons. The smallest absolute Gasteiger partial charge is 0.414 e. The molecule has 1 fully saturated rings. The lowest BCUT2D eigenvalue weighted by Gasteiger charge is -2.40. The summed E-state index contributed by atoms with van der Waals surface area (Å²) in [5.41, 5.74) is 6.35. The second kappa shape index (κ2) is 7.83. The van der Waals surface area contributed by atoms with E-state index in [9.17, 15) is 4.79 Å². The van der Waals surface area contributed by atoms with E-state index in [1.165, 1.54) is 22.3 Å². The van der Waals surface area contributed by atoms with E-state index in [0.29, 0.717) is 0 Å². The normalized spacial score (nSPS) is 18.3. The maximum atomic E-state index is 12.8. The van der Waals surface area contributed by atoms with Gasteiger partial charge in [-0.3, -0.25) is 9.80 Å². The van der Waals surface area contributed by atoms with Crippen molar-refractivity contribution in [3.05, 3.63) is 64.7 Å². The lowest BCUT2D eigenvalue weighted by atomic mass is 9.74. The minimum absolute atomic E-state index is 0.0421. The van der Waals surface area contributed by atoms with Gasteiger partial charge in [-0.15, -0.1) is 0 Å². The van der Waals surface area contributed by atoms with Gasteiger partial charge in [-0.2, -0.15) is 0 Å². The van der Waals surface area contributed by atoms with Gasteiger partial charge in [0, 0.05) is 18.5 Å².